The maximum atomic E-state index is 12.8. The van der Waals surface area contributed by atoms with Gasteiger partial charge in [-0.15, -0.1) is 0 Å². The van der Waals surface area contributed by atoms with Gasteiger partial charge in [-0.1, -0.05) is 17.7 Å². The molecule has 0 aliphatic heterocycles. The van der Waals surface area contributed by atoms with E-state index in [1.54, 1.807) is 13.1 Å². The molecule has 0 spiro atoms. The Bertz CT molecular complexity index is 370. The normalized spacial score (nSPS) is 10.1. The van der Waals surface area contributed by atoms with E-state index in [4.69, 9.17) is 17.3 Å². The first-order valence-corrected chi connectivity index (χ1v) is 4.80. The Morgan fingerprint density at radius 2 is 2.27 bits per heavy atom. The molecule has 3 nitrogen and oxygen atoms in total. The monoisotopic (exact) mass is 230 g/mol. The molecule has 0 saturated heterocycles. The topological polar surface area (TPSA) is 46.3 Å². The molecule has 1 amide bonds. The summed E-state index contributed by atoms with van der Waals surface area (Å²) in [5.41, 5.74) is 5.97. The molecule has 0 radical (unpaired) electrons. The van der Waals surface area contributed by atoms with Crippen molar-refractivity contribution in [3.05, 3.63) is 34.6 Å². The Morgan fingerprint density at radius 1 is 1.60 bits per heavy atom. The average molecular weight is 231 g/mol. The van der Waals surface area contributed by atoms with E-state index in [0.29, 0.717) is 6.54 Å². The Kier molecular flexibility index (Phi) is 4.05. The van der Waals surface area contributed by atoms with E-state index in [0.717, 1.165) is 5.56 Å². The van der Waals surface area contributed by atoms with Gasteiger partial charge in [0.15, 0.2) is 0 Å². The van der Waals surface area contributed by atoms with Crippen LogP contribution in [0.1, 0.15) is 5.56 Å². The third-order valence-electron chi connectivity index (χ3n) is 2.00. The van der Waals surface area contributed by atoms with E-state index in [9.17, 15) is 9.18 Å². The predicted octanol–water partition coefficient (Wildman–Crippen LogP) is 1.40. The SMILES string of the molecule is CN(Cc1ccc(F)c(Cl)c1)C(=O)CN. The summed E-state index contributed by atoms with van der Waals surface area (Å²) in [7, 11) is 1.63. The first-order chi connectivity index (χ1) is 7.04. The quantitative estimate of drug-likeness (QED) is 0.853. The highest BCUT2D eigenvalue weighted by Crippen LogP contribution is 2.16. The van der Waals surface area contributed by atoms with E-state index in [2.05, 4.69) is 0 Å². The molecule has 0 heterocycles. The van der Waals surface area contributed by atoms with E-state index in [-0.39, 0.29) is 17.5 Å². The van der Waals surface area contributed by atoms with Crippen molar-refractivity contribution in [2.75, 3.05) is 13.6 Å². The van der Waals surface area contributed by atoms with Crippen molar-refractivity contribution in [3.63, 3.8) is 0 Å². The van der Waals surface area contributed by atoms with Gasteiger partial charge in [0.2, 0.25) is 5.91 Å². The van der Waals surface area contributed by atoms with Gasteiger partial charge < -0.3 is 10.6 Å². The minimum absolute atomic E-state index is 0.0363. The minimum atomic E-state index is -0.465. The van der Waals surface area contributed by atoms with Gasteiger partial charge in [0.1, 0.15) is 5.82 Å². The van der Waals surface area contributed by atoms with Crippen LogP contribution in [0.5, 0.6) is 0 Å². The standard InChI is InChI=1S/C10H12ClFN2O/c1-14(10(15)5-13)6-7-2-3-9(12)8(11)4-7/h2-4H,5-6,13H2,1H3. The fourth-order valence-corrected chi connectivity index (χ4v) is 1.36. The molecule has 0 atom stereocenters. The van der Waals surface area contributed by atoms with Crippen LogP contribution in [0, 0.1) is 5.82 Å². The first kappa shape index (κ1) is 11.9. The largest absolute Gasteiger partial charge is 0.340 e. The molecular formula is C10H12ClFN2O. The van der Waals surface area contributed by atoms with Gasteiger partial charge in [-0.3, -0.25) is 4.79 Å². The molecule has 0 aromatic heterocycles. The van der Waals surface area contributed by atoms with Crippen LogP contribution >= 0.6 is 11.6 Å². The summed E-state index contributed by atoms with van der Waals surface area (Å²) in [6.07, 6.45) is 0. The number of carbonyl (C=O) groups is 1. The highest BCUT2D eigenvalue weighted by atomic mass is 35.5. The van der Waals surface area contributed by atoms with Gasteiger partial charge in [0.25, 0.3) is 0 Å². The molecule has 0 bridgehead atoms. The Balaban J connectivity index is 2.73. The number of amides is 1. The van der Waals surface area contributed by atoms with Crippen molar-refractivity contribution in [3.8, 4) is 0 Å². The van der Waals surface area contributed by atoms with Gasteiger partial charge in [-0.25, -0.2) is 4.39 Å². The summed E-state index contributed by atoms with van der Waals surface area (Å²) in [6, 6.07) is 4.36. The van der Waals surface area contributed by atoms with E-state index in [1.165, 1.54) is 17.0 Å². The first-order valence-electron chi connectivity index (χ1n) is 4.42. The van der Waals surface area contributed by atoms with Crippen LogP contribution in [0.3, 0.4) is 0 Å². The van der Waals surface area contributed by atoms with E-state index in [1.807, 2.05) is 0 Å². The summed E-state index contributed by atoms with van der Waals surface area (Å²) >= 11 is 5.61. The van der Waals surface area contributed by atoms with Crippen molar-refractivity contribution >= 4 is 17.5 Å². The number of nitrogens with two attached hydrogens (primary N) is 1. The molecule has 0 unspecified atom stereocenters. The van der Waals surface area contributed by atoms with Gasteiger partial charge in [0.05, 0.1) is 11.6 Å². The highest BCUT2D eigenvalue weighted by Gasteiger charge is 2.08. The lowest BCUT2D eigenvalue weighted by Crippen LogP contribution is -2.32. The highest BCUT2D eigenvalue weighted by molar-refractivity contribution is 6.30. The molecule has 0 aliphatic rings. The summed E-state index contributed by atoms with van der Waals surface area (Å²) in [5, 5.41) is 0.0566. The fraction of sp³-hybridized carbons (Fsp3) is 0.300. The van der Waals surface area contributed by atoms with Crippen molar-refractivity contribution in [2.24, 2.45) is 5.73 Å². The molecule has 2 N–H and O–H groups in total. The number of nitrogens with zero attached hydrogens (tertiary/aromatic N) is 1. The second-order valence-corrected chi connectivity index (χ2v) is 3.61. The van der Waals surface area contributed by atoms with Crippen LogP contribution in [0.2, 0.25) is 5.02 Å². The Labute approximate surface area is 92.6 Å². The molecule has 5 heteroatoms. The zero-order valence-corrected chi connectivity index (χ0v) is 9.09. The van der Waals surface area contributed by atoms with Gasteiger partial charge in [-0.05, 0) is 17.7 Å². The number of benzene rings is 1. The Morgan fingerprint density at radius 3 is 2.80 bits per heavy atom. The van der Waals surface area contributed by atoms with Gasteiger partial charge in [-0.2, -0.15) is 0 Å². The van der Waals surface area contributed by atoms with Gasteiger partial charge >= 0.3 is 0 Å². The van der Waals surface area contributed by atoms with Crippen molar-refractivity contribution < 1.29 is 9.18 Å². The lowest BCUT2D eigenvalue weighted by atomic mass is 10.2. The average Bonchev–Trinajstić information content (AvgIpc) is 2.22. The summed E-state index contributed by atoms with van der Waals surface area (Å²) in [6.45, 7) is 0.335. The smallest absolute Gasteiger partial charge is 0.236 e. The van der Waals surface area contributed by atoms with E-state index >= 15 is 0 Å². The molecule has 1 aromatic carbocycles. The maximum absolute atomic E-state index is 12.8. The van der Waals surface area contributed by atoms with Crippen LogP contribution in [0.15, 0.2) is 18.2 Å². The molecule has 0 fully saturated rings. The molecule has 0 saturated carbocycles. The molecular weight excluding hydrogens is 219 g/mol. The van der Waals surface area contributed by atoms with Crippen LogP contribution in [0.4, 0.5) is 4.39 Å². The number of carbonyl (C=O) groups excluding carboxylic acids is 1. The molecule has 15 heavy (non-hydrogen) atoms. The third-order valence-corrected chi connectivity index (χ3v) is 2.29. The molecule has 82 valence electrons. The summed E-state index contributed by atoms with van der Waals surface area (Å²) in [4.78, 5) is 12.6. The van der Waals surface area contributed by atoms with Crippen molar-refractivity contribution in [1.29, 1.82) is 0 Å². The molecule has 1 aromatic rings. The van der Waals surface area contributed by atoms with E-state index < -0.39 is 5.82 Å². The second kappa shape index (κ2) is 5.09. The molecule has 1 rings (SSSR count). The zero-order valence-electron chi connectivity index (χ0n) is 8.34. The Hall–Kier alpha value is -1.13. The second-order valence-electron chi connectivity index (χ2n) is 3.20. The van der Waals surface area contributed by atoms with Crippen LogP contribution in [-0.2, 0) is 11.3 Å². The number of likely N-dealkylation sites (N-methyl/N-ethyl adjacent to an activating group) is 1. The number of halogens is 2. The maximum Gasteiger partial charge on any atom is 0.236 e. The van der Waals surface area contributed by atoms with Crippen LogP contribution in [-0.4, -0.2) is 24.4 Å². The van der Waals surface area contributed by atoms with Crippen molar-refractivity contribution in [1.82, 2.24) is 4.90 Å². The lowest BCUT2D eigenvalue weighted by Gasteiger charge is -2.16. The number of rotatable bonds is 3. The fourth-order valence-electron chi connectivity index (χ4n) is 1.16. The predicted molar refractivity (Wildman–Crippen MR) is 56.9 cm³/mol. The molecule has 0 aliphatic carbocycles. The summed E-state index contributed by atoms with van der Waals surface area (Å²) in [5.74, 6) is -0.635. The zero-order chi connectivity index (χ0) is 11.4. The van der Waals surface area contributed by atoms with Crippen molar-refractivity contribution in [2.45, 2.75) is 6.54 Å². The number of hydrogen-bond acceptors (Lipinski definition) is 2. The van der Waals surface area contributed by atoms with Crippen LogP contribution in [0.25, 0.3) is 0 Å². The number of hydrogen-bond donors (Lipinski definition) is 1. The van der Waals surface area contributed by atoms with Crippen LogP contribution < -0.4 is 5.73 Å². The summed E-state index contributed by atoms with van der Waals surface area (Å²) < 4.78 is 12.8. The van der Waals surface area contributed by atoms with Gasteiger partial charge in [0, 0.05) is 13.6 Å². The minimum Gasteiger partial charge on any atom is -0.340 e. The lowest BCUT2D eigenvalue weighted by molar-refractivity contribution is -0.128. The third kappa shape index (κ3) is 3.18.